The zero-order valence-corrected chi connectivity index (χ0v) is 20.4. The van der Waals surface area contributed by atoms with Gasteiger partial charge >= 0.3 is 17.9 Å². The summed E-state index contributed by atoms with van der Waals surface area (Å²) in [5.74, 6) is 0.0667. The summed E-state index contributed by atoms with van der Waals surface area (Å²) in [6, 6.07) is 12.7. The van der Waals surface area contributed by atoms with E-state index in [1.807, 2.05) is 24.3 Å². The minimum Gasteiger partial charge on any atom is -0.482 e. The minimum atomic E-state index is -0.475. The number of hydrogen-bond acceptors (Lipinski definition) is 9. The molecule has 0 atom stereocenters. The van der Waals surface area contributed by atoms with Gasteiger partial charge in [-0.05, 0) is 69.0 Å². The normalized spacial score (nSPS) is 10.3. The highest BCUT2D eigenvalue weighted by Crippen LogP contribution is 2.25. The molecule has 0 aliphatic rings. The van der Waals surface area contributed by atoms with Gasteiger partial charge < -0.3 is 28.4 Å². The van der Waals surface area contributed by atoms with Crippen molar-refractivity contribution in [3.63, 3.8) is 0 Å². The molecular weight excluding hydrogens is 456 g/mol. The van der Waals surface area contributed by atoms with E-state index in [4.69, 9.17) is 28.4 Å². The zero-order chi connectivity index (χ0) is 25.5. The summed E-state index contributed by atoms with van der Waals surface area (Å²) in [5, 5.41) is 0. The summed E-state index contributed by atoms with van der Waals surface area (Å²) in [5.41, 5.74) is 1.95. The minimum absolute atomic E-state index is 0.139. The predicted molar refractivity (Wildman–Crippen MR) is 127 cm³/mol. The van der Waals surface area contributed by atoms with Gasteiger partial charge in [-0.3, -0.25) is 0 Å². The van der Waals surface area contributed by atoms with Gasteiger partial charge in [0.1, 0.15) is 17.2 Å². The molecule has 0 saturated heterocycles. The zero-order valence-electron chi connectivity index (χ0n) is 20.4. The maximum absolute atomic E-state index is 11.7. The van der Waals surface area contributed by atoms with Crippen LogP contribution < -0.4 is 14.2 Å². The third-order valence-electron chi connectivity index (χ3n) is 4.55. The van der Waals surface area contributed by atoms with E-state index in [-0.39, 0.29) is 33.0 Å². The van der Waals surface area contributed by atoms with Crippen LogP contribution in [-0.4, -0.2) is 57.5 Å². The summed E-state index contributed by atoms with van der Waals surface area (Å²) in [6.07, 6.45) is 1.35. The Morgan fingerprint density at radius 2 is 0.943 bits per heavy atom. The number of carbonyl (C=O) groups excluding carboxylic acids is 3. The van der Waals surface area contributed by atoms with Crippen LogP contribution >= 0.6 is 0 Å². The first-order chi connectivity index (χ1) is 16.9. The second-order valence-corrected chi connectivity index (χ2v) is 7.24. The number of aryl methyl sites for hydroxylation is 2. The fourth-order valence-electron chi connectivity index (χ4n) is 3.02. The van der Waals surface area contributed by atoms with Gasteiger partial charge in [0, 0.05) is 6.07 Å². The van der Waals surface area contributed by atoms with Crippen molar-refractivity contribution in [2.45, 2.75) is 33.6 Å². The highest BCUT2D eigenvalue weighted by molar-refractivity contribution is 5.72. The third-order valence-corrected chi connectivity index (χ3v) is 4.55. The Labute approximate surface area is 205 Å². The molecule has 0 N–H and O–H groups in total. The van der Waals surface area contributed by atoms with Crippen LogP contribution in [0.4, 0.5) is 0 Å². The van der Waals surface area contributed by atoms with E-state index in [1.165, 1.54) is 0 Å². The van der Waals surface area contributed by atoms with Crippen LogP contribution in [0.25, 0.3) is 0 Å². The van der Waals surface area contributed by atoms with Crippen molar-refractivity contribution in [2.24, 2.45) is 0 Å². The molecule has 0 amide bonds. The average molecular weight is 489 g/mol. The number of rotatable bonds is 15. The molecule has 9 nitrogen and oxygen atoms in total. The first-order valence-corrected chi connectivity index (χ1v) is 11.5. The summed E-state index contributed by atoms with van der Waals surface area (Å²) < 4.78 is 31.2. The summed E-state index contributed by atoms with van der Waals surface area (Å²) in [4.78, 5) is 34.7. The van der Waals surface area contributed by atoms with Crippen LogP contribution in [-0.2, 0) is 41.4 Å². The number of hydrogen-bond donors (Lipinski definition) is 0. The van der Waals surface area contributed by atoms with Crippen molar-refractivity contribution < 1.29 is 42.8 Å². The molecule has 0 fully saturated rings. The van der Waals surface area contributed by atoms with Crippen LogP contribution in [0.15, 0.2) is 42.5 Å². The quantitative estimate of drug-likeness (QED) is 0.276. The highest BCUT2D eigenvalue weighted by atomic mass is 16.6. The largest absolute Gasteiger partial charge is 0.482 e. The van der Waals surface area contributed by atoms with E-state index in [9.17, 15) is 14.4 Å². The van der Waals surface area contributed by atoms with E-state index in [2.05, 4.69) is 0 Å². The van der Waals surface area contributed by atoms with Gasteiger partial charge in [-0.25, -0.2) is 14.4 Å². The SMILES string of the molecule is CCOC(=O)COc1ccc(CCc2cc(OCC(=O)OCC)cc(OCC(=O)OCC)c2)cc1. The van der Waals surface area contributed by atoms with E-state index in [0.29, 0.717) is 36.7 Å². The number of benzene rings is 2. The van der Waals surface area contributed by atoms with Crippen molar-refractivity contribution in [2.75, 3.05) is 39.6 Å². The van der Waals surface area contributed by atoms with Crippen molar-refractivity contribution in [3.05, 3.63) is 53.6 Å². The van der Waals surface area contributed by atoms with E-state index in [1.54, 1.807) is 39.0 Å². The van der Waals surface area contributed by atoms with Crippen LogP contribution in [0.5, 0.6) is 17.2 Å². The Morgan fingerprint density at radius 3 is 1.37 bits per heavy atom. The molecule has 0 aromatic heterocycles. The van der Waals surface area contributed by atoms with Crippen LogP contribution in [0.2, 0.25) is 0 Å². The lowest BCUT2D eigenvalue weighted by molar-refractivity contribution is -0.146. The lowest BCUT2D eigenvalue weighted by Gasteiger charge is -2.12. The molecule has 0 aliphatic carbocycles. The number of esters is 3. The maximum Gasteiger partial charge on any atom is 0.344 e. The van der Waals surface area contributed by atoms with Crippen molar-refractivity contribution >= 4 is 17.9 Å². The van der Waals surface area contributed by atoms with Crippen molar-refractivity contribution in [3.8, 4) is 17.2 Å². The number of ether oxygens (including phenoxy) is 6. The molecule has 0 saturated carbocycles. The molecule has 0 aliphatic heterocycles. The molecule has 190 valence electrons. The van der Waals surface area contributed by atoms with Gasteiger partial charge in [-0.15, -0.1) is 0 Å². The standard InChI is InChI=1S/C26H32O9/c1-4-30-24(27)16-33-21-11-9-19(10-12-21)7-8-20-13-22(34-17-25(28)31-5-2)15-23(14-20)35-18-26(29)32-6-3/h9-15H,4-8,16-18H2,1-3H3. The molecular formula is C26H32O9. The van der Waals surface area contributed by atoms with Crippen LogP contribution in [0, 0.1) is 0 Å². The average Bonchev–Trinajstić information content (AvgIpc) is 2.85. The molecule has 0 radical (unpaired) electrons. The Hall–Kier alpha value is -3.75. The van der Waals surface area contributed by atoms with Gasteiger partial charge in [-0.1, -0.05) is 12.1 Å². The summed E-state index contributed by atoms with van der Waals surface area (Å²) in [6.45, 7) is 5.42. The van der Waals surface area contributed by atoms with Gasteiger partial charge in [0.2, 0.25) is 0 Å². The van der Waals surface area contributed by atoms with Gasteiger partial charge in [0.05, 0.1) is 19.8 Å². The third kappa shape index (κ3) is 10.8. The summed E-state index contributed by atoms with van der Waals surface area (Å²) in [7, 11) is 0. The maximum atomic E-state index is 11.7. The molecule has 9 heteroatoms. The molecule has 2 aromatic rings. The van der Waals surface area contributed by atoms with E-state index < -0.39 is 17.9 Å². The number of carbonyl (C=O) groups is 3. The molecule has 0 spiro atoms. The van der Waals surface area contributed by atoms with Crippen LogP contribution in [0.3, 0.4) is 0 Å². The van der Waals surface area contributed by atoms with Gasteiger partial charge in [-0.2, -0.15) is 0 Å². The topological polar surface area (TPSA) is 107 Å². The predicted octanol–water partition coefficient (Wildman–Crippen LogP) is 3.30. The molecule has 0 heterocycles. The first kappa shape index (κ1) is 27.5. The van der Waals surface area contributed by atoms with Crippen molar-refractivity contribution in [1.29, 1.82) is 0 Å². The molecule has 2 rings (SSSR count). The Kier molecular flexibility index (Phi) is 11.9. The van der Waals surface area contributed by atoms with Gasteiger partial charge in [0.15, 0.2) is 19.8 Å². The molecule has 0 unspecified atom stereocenters. The Balaban J connectivity index is 2.01. The second kappa shape index (κ2) is 15.2. The Bertz CT molecular complexity index is 914. The monoisotopic (exact) mass is 488 g/mol. The van der Waals surface area contributed by atoms with E-state index >= 15 is 0 Å². The van der Waals surface area contributed by atoms with E-state index in [0.717, 1.165) is 11.1 Å². The lowest BCUT2D eigenvalue weighted by Crippen LogP contribution is -2.16. The van der Waals surface area contributed by atoms with Crippen molar-refractivity contribution in [1.82, 2.24) is 0 Å². The lowest BCUT2D eigenvalue weighted by atomic mass is 10.0. The summed E-state index contributed by atoms with van der Waals surface area (Å²) >= 11 is 0. The molecule has 2 aromatic carbocycles. The smallest absolute Gasteiger partial charge is 0.344 e. The highest BCUT2D eigenvalue weighted by Gasteiger charge is 2.10. The molecule has 35 heavy (non-hydrogen) atoms. The van der Waals surface area contributed by atoms with Gasteiger partial charge in [0.25, 0.3) is 0 Å². The second-order valence-electron chi connectivity index (χ2n) is 7.24. The first-order valence-electron chi connectivity index (χ1n) is 11.5. The Morgan fingerprint density at radius 1 is 0.543 bits per heavy atom. The fraction of sp³-hybridized carbons (Fsp3) is 0.423. The molecule has 0 bridgehead atoms. The fourth-order valence-corrected chi connectivity index (χ4v) is 3.02. The van der Waals surface area contributed by atoms with Crippen LogP contribution in [0.1, 0.15) is 31.9 Å².